The zero-order chi connectivity index (χ0) is 13.8. The monoisotopic (exact) mass is 268 g/mol. The molecule has 0 N–H and O–H groups in total. The summed E-state index contributed by atoms with van der Waals surface area (Å²) in [6.45, 7) is 11.4. The van der Waals surface area contributed by atoms with Gasteiger partial charge in [-0.25, -0.2) is 4.79 Å². The van der Waals surface area contributed by atoms with Gasteiger partial charge in [-0.05, 0) is 34.1 Å². The van der Waals surface area contributed by atoms with Crippen LogP contribution in [-0.2, 0) is 9.47 Å². The van der Waals surface area contributed by atoms with Gasteiger partial charge in [0.15, 0.2) is 0 Å². The van der Waals surface area contributed by atoms with Gasteiger partial charge in [0, 0.05) is 25.2 Å². The van der Waals surface area contributed by atoms with E-state index in [0.717, 1.165) is 32.7 Å². The first-order chi connectivity index (χ1) is 8.78. The van der Waals surface area contributed by atoms with Gasteiger partial charge < -0.3 is 14.4 Å². The minimum Gasteiger partial charge on any atom is -0.444 e. The van der Waals surface area contributed by atoms with Gasteiger partial charge in [-0.1, -0.05) is 0 Å². The smallest absolute Gasteiger partial charge is 0.410 e. The van der Waals surface area contributed by atoms with Crippen LogP contribution in [0.1, 0.15) is 34.1 Å². The molecule has 2 atom stereocenters. The quantitative estimate of drug-likeness (QED) is 0.722. The lowest BCUT2D eigenvalue weighted by Gasteiger charge is -2.50. The highest BCUT2D eigenvalue weighted by Crippen LogP contribution is 2.39. The molecule has 5 nitrogen and oxygen atoms in total. The van der Waals surface area contributed by atoms with E-state index in [-0.39, 0.29) is 11.6 Å². The minimum absolute atomic E-state index is 0.158. The number of ether oxygens (including phenoxy) is 2. The standard InChI is InChI=1S/C14H24N2O3/c1-13(2,3)19-12(17)15-6-11-5-10(15)7-16(11)14(4)8-18-9-14/h10-11H,5-9H2,1-4H3/t10-,11-/m0/s1. The highest BCUT2D eigenvalue weighted by atomic mass is 16.6. The number of rotatable bonds is 1. The Morgan fingerprint density at radius 2 is 1.95 bits per heavy atom. The van der Waals surface area contributed by atoms with E-state index >= 15 is 0 Å². The fraction of sp³-hybridized carbons (Fsp3) is 0.929. The first-order valence-corrected chi connectivity index (χ1v) is 7.13. The summed E-state index contributed by atoms with van der Waals surface area (Å²) in [5.74, 6) is 0. The van der Waals surface area contributed by atoms with E-state index in [1.54, 1.807) is 0 Å². The molecule has 0 radical (unpaired) electrons. The molecule has 19 heavy (non-hydrogen) atoms. The molecule has 5 heteroatoms. The molecular formula is C14H24N2O3. The third-order valence-electron chi connectivity index (χ3n) is 4.39. The lowest BCUT2D eigenvalue weighted by molar-refractivity contribution is -0.142. The largest absolute Gasteiger partial charge is 0.444 e. The maximum atomic E-state index is 12.2. The molecule has 3 aliphatic heterocycles. The maximum Gasteiger partial charge on any atom is 0.410 e. The molecule has 108 valence electrons. The Labute approximate surface area is 114 Å². The number of fused-ring (bicyclic) bond motifs is 2. The van der Waals surface area contributed by atoms with Crippen LogP contribution in [0, 0.1) is 0 Å². The summed E-state index contributed by atoms with van der Waals surface area (Å²) >= 11 is 0. The van der Waals surface area contributed by atoms with Crippen molar-refractivity contribution in [3.05, 3.63) is 0 Å². The predicted molar refractivity (Wildman–Crippen MR) is 71.1 cm³/mol. The predicted octanol–water partition coefficient (Wildman–Crippen LogP) is 1.47. The van der Waals surface area contributed by atoms with Crippen molar-refractivity contribution in [1.29, 1.82) is 0 Å². The molecule has 0 saturated carbocycles. The van der Waals surface area contributed by atoms with Gasteiger partial charge in [-0.3, -0.25) is 4.90 Å². The van der Waals surface area contributed by atoms with E-state index in [4.69, 9.17) is 9.47 Å². The Balaban J connectivity index is 1.62. The number of likely N-dealkylation sites (tertiary alicyclic amines) is 2. The first kappa shape index (κ1) is 13.2. The van der Waals surface area contributed by atoms with Crippen LogP contribution in [0.15, 0.2) is 0 Å². The van der Waals surface area contributed by atoms with Gasteiger partial charge in [-0.15, -0.1) is 0 Å². The van der Waals surface area contributed by atoms with Crippen molar-refractivity contribution in [1.82, 2.24) is 9.80 Å². The van der Waals surface area contributed by atoms with E-state index < -0.39 is 5.60 Å². The number of nitrogens with zero attached hydrogens (tertiary/aromatic N) is 2. The van der Waals surface area contributed by atoms with Crippen LogP contribution in [0.5, 0.6) is 0 Å². The molecule has 3 heterocycles. The Kier molecular flexibility index (Phi) is 2.84. The number of hydrogen-bond donors (Lipinski definition) is 0. The Morgan fingerprint density at radius 1 is 1.26 bits per heavy atom. The number of amides is 1. The van der Waals surface area contributed by atoms with Crippen molar-refractivity contribution in [2.45, 2.75) is 57.3 Å². The average Bonchev–Trinajstić information content (AvgIpc) is 2.82. The molecule has 0 aromatic heterocycles. The molecule has 3 aliphatic rings. The highest BCUT2D eigenvalue weighted by molar-refractivity contribution is 5.69. The second-order valence-electron chi connectivity index (χ2n) is 7.32. The maximum absolute atomic E-state index is 12.2. The number of hydrogen-bond acceptors (Lipinski definition) is 4. The molecule has 2 bridgehead atoms. The summed E-state index contributed by atoms with van der Waals surface area (Å²) < 4.78 is 10.8. The normalized spacial score (nSPS) is 33.4. The Hall–Kier alpha value is -0.810. The minimum atomic E-state index is -0.410. The Bertz CT molecular complexity index is 387. The first-order valence-electron chi connectivity index (χ1n) is 7.13. The zero-order valence-corrected chi connectivity index (χ0v) is 12.3. The molecule has 3 saturated heterocycles. The molecule has 0 aliphatic carbocycles. The summed E-state index contributed by atoms with van der Waals surface area (Å²) in [6.07, 6.45) is 0.920. The fourth-order valence-corrected chi connectivity index (χ4v) is 3.44. The second kappa shape index (κ2) is 4.09. The highest BCUT2D eigenvalue weighted by Gasteiger charge is 2.53. The van der Waals surface area contributed by atoms with Gasteiger partial charge in [0.25, 0.3) is 0 Å². The van der Waals surface area contributed by atoms with Crippen molar-refractivity contribution in [2.24, 2.45) is 0 Å². The Morgan fingerprint density at radius 3 is 2.37 bits per heavy atom. The van der Waals surface area contributed by atoms with Gasteiger partial charge >= 0.3 is 6.09 Å². The number of carbonyl (C=O) groups is 1. The van der Waals surface area contributed by atoms with E-state index in [1.807, 2.05) is 25.7 Å². The molecule has 1 amide bonds. The van der Waals surface area contributed by atoms with Crippen molar-refractivity contribution >= 4 is 6.09 Å². The van der Waals surface area contributed by atoms with Crippen LogP contribution in [0.3, 0.4) is 0 Å². The average molecular weight is 268 g/mol. The van der Waals surface area contributed by atoms with Gasteiger partial charge in [0.05, 0.1) is 18.8 Å². The van der Waals surface area contributed by atoms with E-state index in [0.29, 0.717) is 12.1 Å². The molecular weight excluding hydrogens is 244 g/mol. The van der Waals surface area contributed by atoms with Gasteiger partial charge in [0.2, 0.25) is 0 Å². The fourth-order valence-electron chi connectivity index (χ4n) is 3.44. The zero-order valence-electron chi connectivity index (χ0n) is 12.3. The van der Waals surface area contributed by atoms with Crippen LogP contribution in [0.2, 0.25) is 0 Å². The molecule has 0 aromatic rings. The van der Waals surface area contributed by atoms with Crippen LogP contribution in [0.4, 0.5) is 4.79 Å². The summed E-state index contributed by atoms with van der Waals surface area (Å²) in [5, 5.41) is 0. The summed E-state index contributed by atoms with van der Waals surface area (Å²) in [5.41, 5.74) is -0.216. The lowest BCUT2D eigenvalue weighted by Crippen LogP contribution is -2.65. The van der Waals surface area contributed by atoms with Gasteiger partial charge in [-0.2, -0.15) is 0 Å². The summed E-state index contributed by atoms with van der Waals surface area (Å²) in [6, 6.07) is 0.795. The van der Waals surface area contributed by atoms with Crippen LogP contribution >= 0.6 is 0 Å². The van der Waals surface area contributed by atoms with E-state index in [1.165, 1.54) is 0 Å². The number of piperazine rings is 1. The van der Waals surface area contributed by atoms with Crippen molar-refractivity contribution in [3.8, 4) is 0 Å². The molecule has 3 rings (SSSR count). The molecule has 0 unspecified atom stereocenters. The van der Waals surface area contributed by atoms with Crippen LogP contribution in [0.25, 0.3) is 0 Å². The van der Waals surface area contributed by atoms with E-state index in [2.05, 4.69) is 11.8 Å². The number of carbonyl (C=O) groups excluding carboxylic acids is 1. The summed E-state index contributed by atoms with van der Waals surface area (Å²) in [4.78, 5) is 16.6. The lowest BCUT2D eigenvalue weighted by atomic mass is 9.96. The van der Waals surface area contributed by atoms with E-state index in [9.17, 15) is 4.79 Å². The molecule has 3 fully saturated rings. The van der Waals surface area contributed by atoms with Gasteiger partial charge in [0.1, 0.15) is 5.60 Å². The third-order valence-corrected chi connectivity index (χ3v) is 4.39. The third kappa shape index (κ3) is 2.23. The molecule has 0 aromatic carbocycles. The second-order valence-corrected chi connectivity index (χ2v) is 7.32. The summed E-state index contributed by atoms with van der Waals surface area (Å²) in [7, 11) is 0. The molecule has 0 spiro atoms. The van der Waals surface area contributed by atoms with Crippen LogP contribution in [-0.4, -0.2) is 65.4 Å². The van der Waals surface area contributed by atoms with Crippen LogP contribution < -0.4 is 0 Å². The van der Waals surface area contributed by atoms with Crippen molar-refractivity contribution < 1.29 is 14.3 Å². The SMILES string of the molecule is CC(C)(C)OC(=O)N1C[C@@H]2C[C@H]1CN2C1(C)COC1. The van der Waals surface area contributed by atoms with Crippen molar-refractivity contribution in [2.75, 3.05) is 26.3 Å². The topological polar surface area (TPSA) is 42.0 Å². The van der Waals surface area contributed by atoms with Crippen molar-refractivity contribution in [3.63, 3.8) is 0 Å².